The van der Waals surface area contributed by atoms with Gasteiger partial charge in [0.15, 0.2) is 6.29 Å². The Morgan fingerprint density at radius 1 is 1.31 bits per heavy atom. The van der Waals surface area contributed by atoms with Crippen LogP contribution in [0.3, 0.4) is 0 Å². The van der Waals surface area contributed by atoms with E-state index < -0.39 is 18.0 Å². The third-order valence-electron chi connectivity index (χ3n) is 1.58. The Kier molecular flexibility index (Phi) is 3.41. The molecule has 0 saturated carbocycles. The summed E-state index contributed by atoms with van der Waals surface area (Å²) >= 11 is 5.55. The second kappa shape index (κ2) is 4.58. The number of hydrogen-bond acceptors (Lipinski definition) is 4. The zero-order valence-electron chi connectivity index (χ0n) is 7.62. The first-order valence-corrected chi connectivity index (χ1v) is 4.23. The van der Waals surface area contributed by atoms with Gasteiger partial charge in [-0.25, -0.2) is 14.6 Å². The van der Waals surface area contributed by atoms with Crippen LogP contribution in [0.1, 0.15) is 10.5 Å². The lowest BCUT2D eigenvalue weighted by Crippen LogP contribution is -2.35. The van der Waals surface area contributed by atoms with Crippen LogP contribution in [0.4, 0.5) is 15.4 Å². The van der Waals surface area contributed by atoms with Crippen molar-refractivity contribution in [3.63, 3.8) is 0 Å². The first-order chi connectivity index (χ1) is 7.47. The van der Waals surface area contributed by atoms with Crippen LogP contribution in [0.25, 0.3) is 0 Å². The summed E-state index contributed by atoms with van der Waals surface area (Å²) in [7, 11) is 0. The van der Waals surface area contributed by atoms with Crippen molar-refractivity contribution in [3.05, 3.63) is 22.8 Å². The smallest absolute Gasteiger partial charge is 0.422 e. The Balaban J connectivity index is 3.26. The van der Waals surface area contributed by atoms with Gasteiger partial charge >= 0.3 is 12.2 Å². The molecule has 2 amide bonds. The second-order valence-electron chi connectivity index (χ2n) is 2.55. The van der Waals surface area contributed by atoms with Gasteiger partial charge in [-0.3, -0.25) is 4.79 Å². The number of aldehydes is 1. The fraction of sp³-hybridized carbons (Fsp3) is 0. The number of hydrogen-bond donors (Lipinski definition) is 2. The molecule has 1 aromatic rings. The number of nitrogens with zero attached hydrogens (tertiary/aromatic N) is 2. The maximum Gasteiger partial charge on any atom is 0.422 e. The summed E-state index contributed by atoms with van der Waals surface area (Å²) in [5.41, 5.74) is -0.230. The summed E-state index contributed by atoms with van der Waals surface area (Å²) in [5, 5.41) is 17.2. The summed E-state index contributed by atoms with van der Waals surface area (Å²) in [6, 6.07) is 2.27. The van der Waals surface area contributed by atoms with E-state index in [9.17, 15) is 14.4 Å². The van der Waals surface area contributed by atoms with Gasteiger partial charge in [0.1, 0.15) is 11.5 Å². The summed E-state index contributed by atoms with van der Waals surface area (Å²) in [5.74, 6) is -0.411. The van der Waals surface area contributed by atoms with Crippen molar-refractivity contribution < 1.29 is 24.6 Å². The van der Waals surface area contributed by atoms with Crippen LogP contribution in [-0.2, 0) is 0 Å². The predicted molar refractivity (Wildman–Crippen MR) is 53.2 cm³/mol. The number of amides is 2. The molecule has 0 aromatic carbocycles. The summed E-state index contributed by atoms with van der Waals surface area (Å²) < 4.78 is 0. The highest BCUT2D eigenvalue weighted by atomic mass is 35.5. The Morgan fingerprint density at radius 2 is 1.88 bits per heavy atom. The Hall–Kier alpha value is -2.15. The van der Waals surface area contributed by atoms with Gasteiger partial charge in [0.25, 0.3) is 0 Å². The first kappa shape index (κ1) is 11.9. The molecule has 2 N–H and O–H groups in total. The van der Waals surface area contributed by atoms with Gasteiger partial charge in [0.2, 0.25) is 0 Å². The third kappa shape index (κ3) is 2.26. The summed E-state index contributed by atoms with van der Waals surface area (Å²) in [6.45, 7) is 0. The normalized spacial score (nSPS) is 9.56. The van der Waals surface area contributed by atoms with Crippen molar-refractivity contribution in [2.45, 2.75) is 0 Å². The number of halogens is 1. The van der Waals surface area contributed by atoms with E-state index in [1.807, 2.05) is 0 Å². The van der Waals surface area contributed by atoms with Crippen molar-refractivity contribution in [1.82, 2.24) is 4.98 Å². The van der Waals surface area contributed by atoms with E-state index in [1.54, 1.807) is 0 Å². The van der Waals surface area contributed by atoms with Crippen LogP contribution < -0.4 is 4.90 Å². The highest BCUT2D eigenvalue weighted by Crippen LogP contribution is 2.18. The minimum absolute atomic E-state index is 0.00878. The van der Waals surface area contributed by atoms with Gasteiger partial charge < -0.3 is 10.2 Å². The van der Waals surface area contributed by atoms with Gasteiger partial charge in [-0.15, -0.1) is 0 Å². The van der Waals surface area contributed by atoms with E-state index >= 15 is 0 Å². The molecule has 0 aliphatic heterocycles. The second-order valence-corrected chi connectivity index (χ2v) is 2.96. The van der Waals surface area contributed by atoms with E-state index in [4.69, 9.17) is 21.8 Å². The largest absolute Gasteiger partial charge is 0.464 e. The highest BCUT2D eigenvalue weighted by molar-refractivity contribution is 6.32. The minimum atomic E-state index is -1.72. The number of carbonyl (C=O) groups is 3. The van der Waals surface area contributed by atoms with Crippen LogP contribution in [-0.4, -0.2) is 33.7 Å². The molecule has 0 spiro atoms. The summed E-state index contributed by atoms with van der Waals surface area (Å²) in [6.07, 6.45) is -3.15. The lowest BCUT2D eigenvalue weighted by molar-refractivity contribution is 0.111. The number of imide groups is 1. The first-order valence-electron chi connectivity index (χ1n) is 3.85. The Morgan fingerprint density at radius 3 is 2.31 bits per heavy atom. The number of aromatic nitrogens is 1. The monoisotopic (exact) mass is 244 g/mol. The zero-order valence-corrected chi connectivity index (χ0v) is 8.38. The maximum absolute atomic E-state index is 10.6. The SMILES string of the molecule is O=Cc1nc(N(C(=O)O)C(=O)O)ccc1Cl. The molecule has 1 heterocycles. The van der Waals surface area contributed by atoms with E-state index in [-0.39, 0.29) is 15.6 Å². The highest BCUT2D eigenvalue weighted by Gasteiger charge is 2.24. The molecule has 1 rings (SSSR count). The number of carboxylic acid groups (broad SMARTS) is 2. The minimum Gasteiger partial charge on any atom is -0.464 e. The van der Waals surface area contributed by atoms with Gasteiger partial charge in [-0.2, -0.15) is 4.90 Å². The average molecular weight is 245 g/mol. The zero-order chi connectivity index (χ0) is 12.3. The molecule has 1 aromatic heterocycles. The topological polar surface area (TPSA) is 108 Å². The summed E-state index contributed by atoms with van der Waals surface area (Å²) in [4.78, 5) is 35.2. The van der Waals surface area contributed by atoms with Gasteiger partial charge in [-0.1, -0.05) is 11.6 Å². The molecular formula is C8H5ClN2O5. The molecule has 0 bridgehead atoms. The van der Waals surface area contributed by atoms with Crippen molar-refractivity contribution in [2.75, 3.05) is 4.90 Å². The van der Waals surface area contributed by atoms with Gasteiger partial charge in [0, 0.05) is 0 Å². The lowest BCUT2D eigenvalue weighted by Gasteiger charge is -2.12. The van der Waals surface area contributed by atoms with Crippen LogP contribution in [0.15, 0.2) is 12.1 Å². The van der Waals surface area contributed by atoms with E-state index in [1.165, 1.54) is 6.07 Å². The molecule has 0 radical (unpaired) electrons. The number of rotatable bonds is 2. The van der Waals surface area contributed by atoms with Crippen molar-refractivity contribution in [1.29, 1.82) is 0 Å². The van der Waals surface area contributed by atoms with Crippen LogP contribution in [0.5, 0.6) is 0 Å². The van der Waals surface area contributed by atoms with E-state index in [0.29, 0.717) is 6.29 Å². The molecule has 84 valence electrons. The van der Waals surface area contributed by atoms with Crippen molar-refractivity contribution in [3.8, 4) is 0 Å². The number of anilines is 1. The Labute approximate surface area is 93.9 Å². The van der Waals surface area contributed by atoms with Gasteiger partial charge in [-0.05, 0) is 12.1 Å². The predicted octanol–water partition coefficient (Wildman–Crippen LogP) is 1.71. The third-order valence-corrected chi connectivity index (χ3v) is 1.90. The quantitative estimate of drug-likeness (QED) is 0.767. The van der Waals surface area contributed by atoms with Crippen LogP contribution >= 0.6 is 11.6 Å². The fourth-order valence-corrected chi connectivity index (χ4v) is 1.08. The lowest BCUT2D eigenvalue weighted by atomic mass is 10.3. The molecule has 0 aliphatic rings. The van der Waals surface area contributed by atoms with Crippen molar-refractivity contribution in [2.24, 2.45) is 0 Å². The standard InChI is InChI=1S/C8H5ClN2O5/c9-4-1-2-6(10-5(4)3-12)11(7(13)14)8(15)16/h1-3H,(H,13,14)(H,15,16). The molecule has 0 unspecified atom stereocenters. The maximum atomic E-state index is 10.6. The molecule has 0 fully saturated rings. The molecular weight excluding hydrogens is 240 g/mol. The van der Waals surface area contributed by atoms with Crippen LogP contribution in [0, 0.1) is 0 Å². The Bertz CT molecular complexity index is 448. The molecule has 7 nitrogen and oxygen atoms in total. The van der Waals surface area contributed by atoms with E-state index in [2.05, 4.69) is 4.98 Å². The molecule has 16 heavy (non-hydrogen) atoms. The average Bonchev–Trinajstić information content (AvgIpc) is 2.19. The number of pyridine rings is 1. The van der Waals surface area contributed by atoms with E-state index in [0.717, 1.165) is 6.07 Å². The molecule has 0 aliphatic carbocycles. The number of carbonyl (C=O) groups excluding carboxylic acids is 1. The van der Waals surface area contributed by atoms with Gasteiger partial charge in [0.05, 0.1) is 5.02 Å². The molecule has 0 atom stereocenters. The molecule has 8 heteroatoms. The fourth-order valence-electron chi connectivity index (χ4n) is 0.932. The van der Waals surface area contributed by atoms with Crippen molar-refractivity contribution >= 4 is 35.9 Å². The van der Waals surface area contributed by atoms with Crippen LogP contribution in [0.2, 0.25) is 5.02 Å². The molecule has 0 saturated heterocycles.